The highest BCUT2D eigenvalue weighted by molar-refractivity contribution is 5.99. The molecule has 0 bridgehead atoms. The molecule has 7 N–H and O–H groups in total. The Labute approximate surface area is 265 Å². The second-order valence-electron chi connectivity index (χ2n) is 12.0. The molecular weight excluding hydrogens is 642 g/mol. The fourth-order valence-electron chi connectivity index (χ4n) is 5.39. The maximum atomic E-state index is 13.9. The van der Waals surface area contributed by atoms with E-state index in [2.05, 4.69) is 15.7 Å². The Morgan fingerprint density at radius 2 is 1.70 bits per heavy atom. The van der Waals surface area contributed by atoms with Crippen molar-refractivity contribution in [2.45, 2.75) is 83.3 Å². The Balaban J connectivity index is 0.000000771. The topological polar surface area (TPSA) is 192 Å². The average Bonchev–Trinajstić information content (AvgIpc) is 3.35. The van der Waals surface area contributed by atoms with Crippen molar-refractivity contribution in [1.29, 1.82) is 0 Å². The zero-order valence-electron chi connectivity index (χ0n) is 25.6. The zero-order chi connectivity index (χ0) is 35.3. The van der Waals surface area contributed by atoms with Gasteiger partial charge in [-0.25, -0.2) is 9.48 Å². The normalized spacial score (nSPS) is 19.0. The number of rotatable bonds is 8. The van der Waals surface area contributed by atoms with Crippen LogP contribution in [0, 0.1) is 5.41 Å². The average molecular weight is 679 g/mol. The third-order valence-corrected chi connectivity index (χ3v) is 7.76. The summed E-state index contributed by atoms with van der Waals surface area (Å²) >= 11 is 0. The quantitative estimate of drug-likeness (QED) is 0.206. The summed E-state index contributed by atoms with van der Waals surface area (Å²) in [6, 6.07) is 4.58. The Morgan fingerprint density at radius 3 is 2.23 bits per heavy atom. The van der Waals surface area contributed by atoms with Crippen LogP contribution in [0.15, 0.2) is 18.2 Å². The molecule has 1 aromatic heterocycles. The van der Waals surface area contributed by atoms with Crippen molar-refractivity contribution >= 4 is 29.4 Å². The molecule has 0 atom stereocenters. The van der Waals surface area contributed by atoms with Gasteiger partial charge < -0.3 is 31.9 Å². The van der Waals surface area contributed by atoms with Gasteiger partial charge in [-0.05, 0) is 68.6 Å². The van der Waals surface area contributed by atoms with Crippen molar-refractivity contribution in [1.82, 2.24) is 15.1 Å². The number of aliphatic carboxylic acids is 1. The molecule has 1 heterocycles. The van der Waals surface area contributed by atoms with Crippen LogP contribution < -0.4 is 22.1 Å². The number of benzene rings is 1. The van der Waals surface area contributed by atoms with Gasteiger partial charge in [0.25, 0.3) is 5.91 Å². The number of ether oxygens (including phenoxy) is 1. The van der Waals surface area contributed by atoms with Gasteiger partial charge in [-0.1, -0.05) is 13.8 Å². The van der Waals surface area contributed by atoms with Gasteiger partial charge in [-0.15, -0.1) is 0 Å². The summed E-state index contributed by atoms with van der Waals surface area (Å²) in [6.07, 6.45) is -6.31. The number of amides is 2. The molecule has 0 aliphatic heterocycles. The molecule has 0 spiro atoms. The highest BCUT2D eigenvalue weighted by Gasteiger charge is 2.42. The van der Waals surface area contributed by atoms with Crippen LogP contribution in [0.1, 0.15) is 73.3 Å². The standard InChI is InChI=1S/C27H35F3N6O4.C2HF3O2/c1-26(2)10-9-19-21(12-26)36(35-24(19)27(28,29)30)16-5-8-18(25(32)39)20(11-16)34-15-3-6-17(7-4-15)40-23(38)14-33-22(37)13-31;3-2(4,5)1(6)7/h5,8,11,15,17,34H,3-4,6-7,9-10,12-14,31H2,1-2H3,(H2,32,39)(H,33,37);(H,6,7). The number of carboxylic acid groups (broad SMARTS) is 1. The monoisotopic (exact) mass is 678 g/mol. The van der Waals surface area contributed by atoms with Crippen molar-refractivity contribution in [2.24, 2.45) is 16.9 Å². The molecule has 0 unspecified atom stereocenters. The van der Waals surface area contributed by atoms with Crippen molar-refractivity contribution < 1.29 is 55.4 Å². The number of carboxylic acids is 1. The van der Waals surface area contributed by atoms with Crippen LogP contribution in [0.2, 0.25) is 0 Å². The number of carbonyl (C=O) groups excluding carboxylic acids is 3. The van der Waals surface area contributed by atoms with E-state index in [0.29, 0.717) is 55.6 Å². The number of nitrogens with one attached hydrogen (secondary N) is 2. The number of primary amides is 1. The summed E-state index contributed by atoms with van der Waals surface area (Å²) in [4.78, 5) is 44.3. The summed E-state index contributed by atoms with van der Waals surface area (Å²) < 4.78 is 80.1. The van der Waals surface area contributed by atoms with E-state index >= 15 is 0 Å². The molecular formula is C29H36F6N6O6. The molecule has 2 aliphatic rings. The van der Waals surface area contributed by atoms with Crippen molar-refractivity contribution in [3.8, 4) is 5.69 Å². The summed E-state index contributed by atoms with van der Waals surface area (Å²) in [5, 5.41) is 16.8. The first-order chi connectivity index (χ1) is 21.7. The van der Waals surface area contributed by atoms with Gasteiger partial charge in [0.15, 0.2) is 5.69 Å². The van der Waals surface area contributed by atoms with Crippen LogP contribution in [0.4, 0.5) is 32.0 Å². The molecule has 1 saturated carbocycles. The second kappa shape index (κ2) is 14.6. The van der Waals surface area contributed by atoms with E-state index in [9.17, 15) is 40.7 Å². The maximum Gasteiger partial charge on any atom is 0.490 e. The lowest BCUT2D eigenvalue weighted by Crippen LogP contribution is -2.37. The van der Waals surface area contributed by atoms with E-state index in [0.717, 1.165) is 0 Å². The highest BCUT2D eigenvalue weighted by atomic mass is 19.4. The van der Waals surface area contributed by atoms with Gasteiger partial charge in [0.1, 0.15) is 12.6 Å². The molecule has 1 aromatic carbocycles. The number of nitrogens with two attached hydrogens (primary N) is 2. The highest BCUT2D eigenvalue weighted by Crippen LogP contribution is 2.42. The predicted octanol–water partition coefficient (Wildman–Crippen LogP) is 3.48. The summed E-state index contributed by atoms with van der Waals surface area (Å²) in [5.74, 6) is -4.43. The van der Waals surface area contributed by atoms with E-state index in [1.807, 2.05) is 13.8 Å². The first-order valence-corrected chi connectivity index (χ1v) is 14.6. The Hall–Kier alpha value is -4.35. The number of aromatic nitrogens is 2. The summed E-state index contributed by atoms with van der Waals surface area (Å²) in [5.41, 5.74) is 11.5. The van der Waals surface area contributed by atoms with Crippen LogP contribution >= 0.6 is 0 Å². The molecule has 4 rings (SSSR count). The SMILES string of the molecule is CC1(C)CCc2c(C(F)(F)F)nn(-c3ccc(C(N)=O)c(NC4CCC(OC(=O)CNC(=O)CN)CC4)c3)c2C1.O=C(O)C(F)(F)F. The fourth-order valence-corrected chi connectivity index (χ4v) is 5.39. The van der Waals surface area contributed by atoms with Crippen LogP contribution in [0.25, 0.3) is 5.69 Å². The van der Waals surface area contributed by atoms with Gasteiger partial charge in [0, 0.05) is 23.0 Å². The van der Waals surface area contributed by atoms with E-state index in [1.54, 1.807) is 12.1 Å². The van der Waals surface area contributed by atoms with Crippen LogP contribution in [-0.4, -0.2) is 70.1 Å². The Kier molecular flexibility index (Phi) is 11.5. The zero-order valence-corrected chi connectivity index (χ0v) is 25.6. The van der Waals surface area contributed by atoms with Gasteiger partial charge in [0.2, 0.25) is 5.91 Å². The fraction of sp³-hybridized carbons (Fsp3) is 0.552. The smallest absolute Gasteiger partial charge is 0.475 e. The molecule has 18 heteroatoms. The third kappa shape index (κ3) is 10.1. The number of alkyl halides is 6. The van der Waals surface area contributed by atoms with Crippen LogP contribution in [0.3, 0.4) is 0 Å². The van der Waals surface area contributed by atoms with Crippen LogP contribution in [-0.2, 0) is 38.1 Å². The molecule has 2 aromatic rings. The molecule has 260 valence electrons. The number of hydrogen-bond donors (Lipinski definition) is 5. The molecule has 1 fully saturated rings. The minimum atomic E-state index is -5.08. The number of anilines is 1. The maximum absolute atomic E-state index is 13.9. The van der Waals surface area contributed by atoms with Crippen LogP contribution in [0.5, 0.6) is 0 Å². The van der Waals surface area contributed by atoms with Gasteiger partial charge in [-0.3, -0.25) is 14.4 Å². The molecule has 12 nitrogen and oxygen atoms in total. The minimum absolute atomic E-state index is 0.0866. The van der Waals surface area contributed by atoms with Gasteiger partial charge in [0.05, 0.1) is 17.8 Å². The summed E-state index contributed by atoms with van der Waals surface area (Å²) in [7, 11) is 0. The number of hydrogen-bond acceptors (Lipinski definition) is 8. The minimum Gasteiger partial charge on any atom is -0.475 e. The number of nitrogens with zero attached hydrogens (tertiary/aromatic N) is 2. The first-order valence-electron chi connectivity index (χ1n) is 14.6. The molecule has 47 heavy (non-hydrogen) atoms. The third-order valence-electron chi connectivity index (χ3n) is 7.76. The second-order valence-corrected chi connectivity index (χ2v) is 12.0. The van der Waals surface area contributed by atoms with E-state index in [-0.39, 0.29) is 48.2 Å². The van der Waals surface area contributed by atoms with E-state index in [1.165, 1.54) is 10.7 Å². The van der Waals surface area contributed by atoms with Gasteiger partial charge in [-0.2, -0.15) is 31.4 Å². The van der Waals surface area contributed by atoms with Crippen molar-refractivity contribution in [3.63, 3.8) is 0 Å². The number of fused-ring (bicyclic) bond motifs is 1. The van der Waals surface area contributed by atoms with Crippen molar-refractivity contribution in [3.05, 3.63) is 40.7 Å². The van der Waals surface area contributed by atoms with Gasteiger partial charge >= 0.3 is 24.3 Å². The number of esters is 1. The lowest BCUT2D eigenvalue weighted by atomic mass is 9.76. The molecule has 0 radical (unpaired) electrons. The molecule has 2 aliphatic carbocycles. The van der Waals surface area contributed by atoms with Crippen molar-refractivity contribution in [2.75, 3.05) is 18.4 Å². The number of halogens is 6. The lowest BCUT2D eigenvalue weighted by molar-refractivity contribution is -0.192. The lowest BCUT2D eigenvalue weighted by Gasteiger charge is -2.31. The first kappa shape index (κ1) is 37.1. The largest absolute Gasteiger partial charge is 0.490 e. The predicted molar refractivity (Wildman–Crippen MR) is 154 cm³/mol. The number of carbonyl (C=O) groups is 4. The van der Waals surface area contributed by atoms with E-state index < -0.39 is 41.8 Å². The molecule has 0 saturated heterocycles. The Bertz CT molecular complexity index is 1480. The Morgan fingerprint density at radius 1 is 1.09 bits per heavy atom. The summed E-state index contributed by atoms with van der Waals surface area (Å²) in [6.45, 7) is 3.57. The molecule has 2 amide bonds. The van der Waals surface area contributed by atoms with E-state index in [4.69, 9.17) is 26.1 Å².